The average Bonchev–Trinajstić information content (AvgIpc) is 2.40. The highest BCUT2D eigenvalue weighted by Gasteiger charge is 2.00. The summed E-state index contributed by atoms with van der Waals surface area (Å²) in [4.78, 5) is 10.6. The van der Waals surface area contributed by atoms with E-state index in [1.807, 2.05) is 48.5 Å². The van der Waals surface area contributed by atoms with Gasteiger partial charge in [-0.25, -0.2) is 0 Å². The van der Waals surface area contributed by atoms with Crippen LogP contribution >= 0.6 is 23.2 Å². The first-order valence-electron chi connectivity index (χ1n) is 5.78. The maximum Gasteiger partial charge on any atom is 0.259 e. The Morgan fingerprint density at radius 3 is 2.00 bits per heavy atom. The fourth-order valence-electron chi connectivity index (χ4n) is 1.68. The lowest BCUT2D eigenvalue weighted by Crippen LogP contribution is -2.04. The number of carbonyl (C=O) groups is 1. The minimum absolute atomic E-state index is 0.113. The molecule has 0 aliphatic heterocycles. The summed E-state index contributed by atoms with van der Waals surface area (Å²) in [7, 11) is 0. The van der Waals surface area contributed by atoms with Crippen molar-refractivity contribution < 1.29 is 9.53 Å². The molecule has 0 N–H and O–H groups in total. The zero-order valence-electron chi connectivity index (χ0n) is 10.1. The first-order valence-corrected chi connectivity index (χ1v) is 6.53. The third-order valence-corrected chi connectivity index (χ3v) is 2.96. The van der Waals surface area contributed by atoms with E-state index in [2.05, 4.69) is 0 Å². The van der Waals surface area contributed by atoms with Gasteiger partial charge in [-0.1, -0.05) is 35.9 Å². The van der Waals surface area contributed by atoms with Crippen LogP contribution in [0.2, 0.25) is 5.02 Å². The van der Waals surface area contributed by atoms with Crippen molar-refractivity contribution in [3.63, 3.8) is 0 Å². The zero-order chi connectivity index (χ0) is 13.7. The van der Waals surface area contributed by atoms with Gasteiger partial charge in [0.1, 0.15) is 5.75 Å². The highest BCUT2D eigenvalue weighted by Crippen LogP contribution is 2.17. The van der Waals surface area contributed by atoms with Crippen LogP contribution in [0.5, 0.6) is 5.75 Å². The van der Waals surface area contributed by atoms with E-state index in [9.17, 15) is 4.79 Å². The molecular formula is C15H12Cl2O2. The molecule has 0 unspecified atom stereocenters. The molecule has 4 heteroatoms. The molecule has 0 aromatic heterocycles. The molecule has 2 nitrogen and oxygen atoms in total. The number of benzene rings is 2. The van der Waals surface area contributed by atoms with Crippen LogP contribution < -0.4 is 4.74 Å². The van der Waals surface area contributed by atoms with Gasteiger partial charge >= 0.3 is 0 Å². The fraction of sp³-hybridized carbons (Fsp3) is 0.133. The lowest BCUT2D eigenvalue weighted by molar-refractivity contribution is -0.113. The Morgan fingerprint density at radius 2 is 1.47 bits per heavy atom. The van der Waals surface area contributed by atoms with Crippen molar-refractivity contribution in [3.05, 3.63) is 64.7 Å². The summed E-state index contributed by atoms with van der Waals surface area (Å²) in [5.41, 5.74) is 2.35. The lowest BCUT2D eigenvalue weighted by Gasteiger charge is -2.05. The molecule has 98 valence electrons. The second-order valence-electron chi connectivity index (χ2n) is 4.09. The smallest absolute Gasteiger partial charge is 0.259 e. The van der Waals surface area contributed by atoms with Crippen LogP contribution in [0.15, 0.2) is 48.5 Å². The first-order chi connectivity index (χ1) is 9.13. The van der Waals surface area contributed by atoms with Crippen molar-refractivity contribution in [1.82, 2.24) is 0 Å². The van der Waals surface area contributed by atoms with Gasteiger partial charge in [0.25, 0.3) is 5.24 Å². The Kier molecular flexibility index (Phi) is 4.83. The molecule has 2 aromatic carbocycles. The number of halogens is 2. The van der Waals surface area contributed by atoms with E-state index in [1.165, 1.54) is 5.56 Å². The predicted octanol–water partition coefficient (Wildman–Crippen LogP) is 4.08. The lowest BCUT2D eigenvalue weighted by atomic mass is 10.1. The highest BCUT2D eigenvalue weighted by atomic mass is 35.5. The third kappa shape index (κ3) is 4.58. The van der Waals surface area contributed by atoms with Gasteiger partial charge in [-0.15, -0.1) is 0 Å². The van der Waals surface area contributed by atoms with Crippen LogP contribution in [-0.2, 0) is 11.2 Å². The van der Waals surface area contributed by atoms with Gasteiger partial charge in [-0.3, -0.25) is 4.79 Å². The summed E-state index contributed by atoms with van der Waals surface area (Å²) in [6.07, 6.45) is 0.825. The largest absolute Gasteiger partial charge is 0.484 e. The third-order valence-electron chi connectivity index (χ3n) is 2.60. The van der Waals surface area contributed by atoms with Crippen LogP contribution in [0, 0.1) is 0 Å². The highest BCUT2D eigenvalue weighted by molar-refractivity contribution is 6.63. The van der Waals surface area contributed by atoms with Gasteiger partial charge in [-0.2, -0.15) is 0 Å². The van der Waals surface area contributed by atoms with E-state index in [4.69, 9.17) is 27.9 Å². The second kappa shape index (κ2) is 6.60. The van der Waals surface area contributed by atoms with Crippen LogP contribution in [0.25, 0.3) is 0 Å². The molecule has 0 saturated carbocycles. The topological polar surface area (TPSA) is 26.3 Å². The molecule has 0 radical (unpaired) electrons. The van der Waals surface area contributed by atoms with Gasteiger partial charge < -0.3 is 4.74 Å². The van der Waals surface area contributed by atoms with Crippen molar-refractivity contribution in [2.24, 2.45) is 0 Å². The van der Waals surface area contributed by atoms with E-state index < -0.39 is 5.24 Å². The molecule has 2 aromatic rings. The number of hydrogen-bond donors (Lipinski definition) is 0. The van der Waals surface area contributed by atoms with Gasteiger partial charge in [0.15, 0.2) is 6.61 Å². The molecule has 0 saturated heterocycles. The normalized spacial score (nSPS) is 10.2. The molecule has 0 atom stereocenters. The predicted molar refractivity (Wildman–Crippen MR) is 77.1 cm³/mol. The molecule has 19 heavy (non-hydrogen) atoms. The number of hydrogen-bond acceptors (Lipinski definition) is 2. The Balaban J connectivity index is 1.98. The molecule has 2 rings (SSSR count). The molecule has 0 bridgehead atoms. The maximum absolute atomic E-state index is 10.6. The van der Waals surface area contributed by atoms with E-state index in [0.29, 0.717) is 5.75 Å². The Labute approximate surface area is 121 Å². The van der Waals surface area contributed by atoms with E-state index >= 15 is 0 Å². The average molecular weight is 295 g/mol. The summed E-state index contributed by atoms with van der Waals surface area (Å²) < 4.78 is 5.19. The minimum Gasteiger partial charge on any atom is -0.484 e. The number of carbonyl (C=O) groups excluding carboxylic acids is 1. The minimum atomic E-state index is -0.509. The van der Waals surface area contributed by atoms with Crippen molar-refractivity contribution in [3.8, 4) is 5.75 Å². The van der Waals surface area contributed by atoms with Crippen LogP contribution in [0.4, 0.5) is 0 Å². The van der Waals surface area contributed by atoms with Gasteiger partial charge in [0.05, 0.1) is 0 Å². The summed E-state index contributed by atoms with van der Waals surface area (Å²) in [6.45, 7) is -0.113. The van der Waals surface area contributed by atoms with Crippen molar-refractivity contribution in [2.45, 2.75) is 6.42 Å². The van der Waals surface area contributed by atoms with Gasteiger partial charge in [-0.05, 0) is 53.4 Å². The summed E-state index contributed by atoms with van der Waals surface area (Å²) in [5.74, 6) is 0.633. The monoisotopic (exact) mass is 294 g/mol. The molecule has 0 amide bonds. The van der Waals surface area contributed by atoms with Gasteiger partial charge in [0, 0.05) is 5.02 Å². The molecule has 0 aliphatic rings. The van der Waals surface area contributed by atoms with Gasteiger partial charge in [0.2, 0.25) is 0 Å². The number of rotatable bonds is 5. The SMILES string of the molecule is O=C(Cl)COc1ccc(Cc2ccc(Cl)cc2)cc1. The Bertz CT molecular complexity index is 547. The summed E-state index contributed by atoms with van der Waals surface area (Å²) in [5, 5.41) is 0.225. The van der Waals surface area contributed by atoms with Crippen LogP contribution in [0.1, 0.15) is 11.1 Å². The number of ether oxygens (including phenoxy) is 1. The molecule has 0 fully saturated rings. The molecular weight excluding hydrogens is 283 g/mol. The molecule has 0 spiro atoms. The second-order valence-corrected chi connectivity index (χ2v) is 4.95. The molecule has 0 aliphatic carbocycles. The summed E-state index contributed by atoms with van der Waals surface area (Å²) >= 11 is 11.0. The Hall–Kier alpha value is -1.51. The Morgan fingerprint density at radius 1 is 0.947 bits per heavy atom. The van der Waals surface area contributed by atoms with E-state index in [0.717, 1.165) is 17.0 Å². The van der Waals surface area contributed by atoms with Crippen molar-refractivity contribution in [1.29, 1.82) is 0 Å². The fourth-order valence-corrected chi connectivity index (χ4v) is 1.86. The van der Waals surface area contributed by atoms with Crippen molar-refractivity contribution in [2.75, 3.05) is 6.61 Å². The van der Waals surface area contributed by atoms with E-state index in [-0.39, 0.29) is 6.61 Å². The van der Waals surface area contributed by atoms with E-state index in [1.54, 1.807) is 0 Å². The first kappa shape index (κ1) is 13.9. The zero-order valence-corrected chi connectivity index (χ0v) is 11.6. The standard InChI is InChI=1S/C15H12Cl2O2/c16-13-5-1-11(2-6-13)9-12-3-7-14(8-4-12)19-10-15(17)18/h1-8H,9-10H2. The van der Waals surface area contributed by atoms with Crippen molar-refractivity contribution >= 4 is 28.4 Å². The summed E-state index contributed by atoms with van der Waals surface area (Å²) in [6, 6.07) is 15.3. The van der Waals surface area contributed by atoms with Crippen LogP contribution in [-0.4, -0.2) is 11.8 Å². The van der Waals surface area contributed by atoms with Crippen LogP contribution in [0.3, 0.4) is 0 Å². The quantitative estimate of drug-likeness (QED) is 0.777. The maximum atomic E-state index is 10.6. The molecule has 0 heterocycles.